The van der Waals surface area contributed by atoms with Crippen LogP contribution in [0.15, 0.2) is 47.4 Å². The smallest absolute Gasteiger partial charge is 0.271 e. The molecule has 0 heterocycles. The van der Waals surface area contributed by atoms with Crippen molar-refractivity contribution < 1.29 is 9.72 Å². The normalized spacial score (nSPS) is 10.3. The van der Waals surface area contributed by atoms with Crippen LogP contribution in [-0.2, 0) is 4.79 Å². The summed E-state index contributed by atoms with van der Waals surface area (Å²) in [5, 5.41) is 14.2. The van der Waals surface area contributed by atoms with Gasteiger partial charge in [0.1, 0.15) is 0 Å². The molecule has 0 radical (unpaired) electrons. The van der Waals surface area contributed by atoms with Gasteiger partial charge in [0.2, 0.25) is 5.91 Å². The lowest BCUT2D eigenvalue weighted by molar-refractivity contribution is -0.384. The number of carbonyl (C=O) groups is 1. The highest BCUT2D eigenvalue weighted by Gasteiger charge is 2.12. The largest absolute Gasteiger partial charge is 0.324 e. The molecule has 0 aromatic heterocycles. The summed E-state index contributed by atoms with van der Waals surface area (Å²) in [6, 6.07) is 11.0. The zero-order chi connectivity index (χ0) is 16.1. The van der Waals surface area contributed by atoms with Gasteiger partial charge in [-0.1, -0.05) is 23.2 Å². The summed E-state index contributed by atoms with van der Waals surface area (Å²) in [7, 11) is 0. The van der Waals surface area contributed by atoms with Gasteiger partial charge in [-0.15, -0.1) is 11.8 Å². The molecular formula is C14H10Cl2N2O3S. The van der Waals surface area contributed by atoms with E-state index in [1.165, 1.54) is 30.0 Å². The number of halogens is 2. The SMILES string of the molecule is O=C(CSc1ccc(Cl)cc1)Nc1cc([N+](=O)[O-])ccc1Cl. The van der Waals surface area contributed by atoms with Gasteiger partial charge >= 0.3 is 0 Å². The zero-order valence-corrected chi connectivity index (χ0v) is 13.4. The molecule has 0 saturated carbocycles. The number of hydrogen-bond donors (Lipinski definition) is 1. The molecule has 2 rings (SSSR count). The van der Waals surface area contributed by atoms with Crippen molar-refractivity contribution in [1.29, 1.82) is 0 Å². The molecule has 0 bridgehead atoms. The number of amides is 1. The Bertz CT molecular complexity index is 708. The highest BCUT2D eigenvalue weighted by Crippen LogP contribution is 2.27. The zero-order valence-electron chi connectivity index (χ0n) is 11.1. The average molecular weight is 357 g/mol. The predicted octanol–water partition coefficient (Wildman–Crippen LogP) is 4.63. The lowest BCUT2D eigenvalue weighted by Gasteiger charge is -2.07. The first-order valence-corrected chi connectivity index (χ1v) is 7.82. The van der Waals surface area contributed by atoms with Crippen molar-refractivity contribution in [3.63, 3.8) is 0 Å². The second kappa shape index (κ2) is 7.49. The summed E-state index contributed by atoms with van der Waals surface area (Å²) < 4.78 is 0. The van der Waals surface area contributed by atoms with E-state index in [4.69, 9.17) is 23.2 Å². The number of nitrogens with one attached hydrogen (secondary N) is 1. The molecule has 0 aliphatic heterocycles. The third-order valence-electron chi connectivity index (χ3n) is 2.62. The molecule has 2 aromatic rings. The van der Waals surface area contributed by atoms with Crippen LogP contribution in [0.25, 0.3) is 0 Å². The van der Waals surface area contributed by atoms with Crippen molar-refractivity contribution in [1.82, 2.24) is 0 Å². The van der Waals surface area contributed by atoms with Gasteiger partial charge in [0, 0.05) is 22.1 Å². The molecule has 2 aromatic carbocycles. The third kappa shape index (κ3) is 4.62. The number of thioether (sulfide) groups is 1. The monoisotopic (exact) mass is 356 g/mol. The number of nitro groups is 1. The van der Waals surface area contributed by atoms with Gasteiger partial charge in [-0.25, -0.2) is 0 Å². The first-order chi connectivity index (χ1) is 10.5. The summed E-state index contributed by atoms with van der Waals surface area (Å²) in [5.41, 5.74) is 0.0858. The predicted molar refractivity (Wildman–Crippen MR) is 88.9 cm³/mol. The van der Waals surface area contributed by atoms with Gasteiger partial charge < -0.3 is 5.32 Å². The minimum atomic E-state index is -0.547. The first-order valence-electron chi connectivity index (χ1n) is 6.08. The van der Waals surface area contributed by atoms with Crippen LogP contribution in [0, 0.1) is 10.1 Å². The molecule has 5 nitrogen and oxygen atoms in total. The van der Waals surface area contributed by atoms with Crippen molar-refractivity contribution in [2.75, 3.05) is 11.1 Å². The number of anilines is 1. The minimum absolute atomic E-state index is 0.134. The van der Waals surface area contributed by atoms with Crippen molar-refractivity contribution in [3.05, 3.63) is 62.6 Å². The Kier molecular flexibility index (Phi) is 5.65. The van der Waals surface area contributed by atoms with Crippen LogP contribution in [0.2, 0.25) is 10.0 Å². The summed E-state index contributed by atoms with van der Waals surface area (Å²) >= 11 is 13.0. The maximum absolute atomic E-state index is 11.9. The van der Waals surface area contributed by atoms with Gasteiger partial charge in [-0.2, -0.15) is 0 Å². The van der Waals surface area contributed by atoms with Crippen LogP contribution in [-0.4, -0.2) is 16.6 Å². The second-order valence-electron chi connectivity index (χ2n) is 4.21. The number of nitrogens with zero attached hydrogens (tertiary/aromatic N) is 1. The molecule has 8 heteroatoms. The summed E-state index contributed by atoms with van der Waals surface area (Å²) in [6.45, 7) is 0. The van der Waals surface area contributed by atoms with E-state index >= 15 is 0 Å². The summed E-state index contributed by atoms with van der Waals surface area (Å²) in [6.07, 6.45) is 0. The second-order valence-corrected chi connectivity index (χ2v) is 6.10. The number of carbonyl (C=O) groups excluding carboxylic acids is 1. The summed E-state index contributed by atoms with van der Waals surface area (Å²) in [5.74, 6) is -0.150. The molecule has 0 aliphatic rings. The van der Waals surface area contributed by atoms with E-state index in [1.807, 2.05) is 0 Å². The fraction of sp³-hybridized carbons (Fsp3) is 0.0714. The number of hydrogen-bond acceptors (Lipinski definition) is 4. The molecular weight excluding hydrogens is 347 g/mol. The van der Waals surface area contributed by atoms with E-state index in [2.05, 4.69) is 5.32 Å². The van der Waals surface area contributed by atoms with E-state index in [0.717, 1.165) is 4.90 Å². The van der Waals surface area contributed by atoms with Gasteiger partial charge in [0.25, 0.3) is 5.69 Å². The lowest BCUT2D eigenvalue weighted by atomic mass is 10.3. The molecule has 1 N–H and O–H groups in total. The van der Waals surface area contributed by atoms with Crippen LogP contribution in [0.1, 0.15) is 0 Å². The Morgan fingerprint density at radius 1 is 1.18 bits per heavy atom. The Hall–Kier alpha value is -1.76. The molecule has 0 atom stereocenters. The van der Waals surface area contributed by atoms with Crippen LogP contribution in [0.3, 0.4) is 0 Å². The third-order valence-corrected chi connectivity index (χ3v) is 4.21. The molecule has 1 amide bonds. The van der Waals surface area contributed by atoms with Crippen molar-refractivity contribution in [2.45, 2.75) is 4.90 Å². The quantitative estimate of drug-likeness (QED) is 0.481. The lowest BCUT2D eigenvalue weighted by Crippen LogP contribution is -2.14. The molecule has 114 valence electrons. The van der Waals surface area contributed by atoms with Crippen LogP contribution >= 0.6 is 35.0 Å². The van der Waals surface area contributed by atoms with E-state index < -0.39 is 4.92 Å². The van der Waals surface area contributed by atoms with Gasteiger partial charge in [-0.05, 0) is 30.3 Å². The maximum atomic E-state index is 11.9. The van der Waals surface area contributed by atoms with E-state index in [1.54, 1.807) is 24.3 Å². The molecule has 22 heavy (non-hydrogen) atoms. The topological polar surface area (TPSA) is 72.2 Å². The number of non-ortho nitro benzene ring substituents is 1. The van der Waals surface area contributed by atoms with Crippen molar-refractivity contribution >= 4 is 52.2 Å². The molecule has 0 aliphatic carbocycles. The Morgan fingerprint density at radius 2 is 1.86 bits per heavy atom. The molecule has 0 spiro atoms. The first kappa shape index (κ1) is 16.6. The standard InChI is InChI=1S/C14H10Cl2N2O3S/c15-9-1-4-11(5-2-9)22-8-14(19)17-13-7-10(18(20)21)3-6-12(13)16/h1-7H,8H2,(H,17,19). The Morgan fingerprint density at radius 3 is 2.50 bits per heavy atom. The number of benzene rings is 2. The van der Waals surface area contributed by atoms with Crippen molar-refractivity contribution in [2.24, 2.45) is 0 Å². The fourth-order valence-corrected chi connectivity index (χ4v) is 2.58. The minimum Gasteiger partial charge on any atom is -0.324 e. The molecule has 0 saturated heterocycles. The number of nitro benzene ring substituents is 1. The van der Waals surface area contributed by atoms with Crippen LogP contribution < -0.4 is 5.32 Å². The van der Waals surface area contributed by atoms with Crippen LogP contribution in [0.5, 0.6) is 0 Å². The maximum Gasteiger partial charge on any atom is 0.271 e. The highest BCUT2D eigenvalue weighted by molar-refractivity contribution is 8.00. The number of rotatable bonds is 5. The molecule has 0 fully saturated rings. The van der Waals surface area contributed by atoms with E-state index in [-0.39, 0.29) is 28.1 Å². The summed E-state index contributed by atoms with van der Waals surface area (Å²) in [4.78, 5) is 23.0. The molecule has 0 unspecified atom stereocenters. The van der Waals surface area contributed by atoms with Crippen LogP contribution in [0.4, 0.5) is 11.4 Å². The van der Waals surface area contributed by atoms with Gasteiger partial charge in [0.05, 0.1) is 21.4 Å². The van der Waals surface area contributed by atoms with Gasteiger partial charge in [0.15, 0.2) is 0 Å². The Labute approximate surface area is 140 Å². The van der Waals surface area contributed by atoms with E-state index in [0.29, 0.717) is 5.02 Å². The van der Waals surface area contributed by atoms with Crippen molar-refractivity contribution in [3.8, 4) is 0 Å². The Balaban J connectivity index is 1.98. The average Bonchev–Trinajstić information content (AvgIpc) is 2.48. The fourth-order valence-electron chi connectivity index (χ4n) is 1.59. The van der Waals surface area contributed by atoms with Gasteiger partial charge in [-0.3, -0.25) is 14.9 Å². The van der Waals surface area contributed by atoms with E-state index in [9.17, 15) is 14.9 Å². The highest BCUT2D eigenvalue weighted by atomic mass is 35.5.